The summed E-state index contributed by atoms with van der Waals surface area (Å²) in [6.07, 6.45) is 0.425. The third-order valence-corrected chi connectivity index (χ3v) is 4.15. The van der Waals surface area contributed by atoms with E-state index in [1.54, 1.807) is 23.1 Å². The Balaban J connectivity index is 2.22. The van der Waals surface area contributed by atoms with Crippen LogP contribution < -0.4 is 9.80 Å². The van der Waals surface area contributed by atoms with E-state index in [9.17, 15) is 4.79 Å². The maximum Gasteiger partial charge on any atom is 0.233 e. The zero-order valence-electron chi connectivity index (χ0n) is 11.5. The maximum absolute atomic E-state index is 12.6. The van der Waals surface area contributed by atoms with Gasteiger partial charge >= 0.3 is 0 Å². The van der Waals surface area contributed by atoms with Crippen molar-refractivity contribution in [1.82, 2.24) is 0 Å². The highest BCUT2D eigenvalue weighted by Crippen LogP contribution is 2.40. The lowest BCUT2D eigenvalue weighted by Gasteiger charge is -2.25. The second kappa shape index (κ2) is 5.58. The molecule has 1 aliphatic heterocycles. The summed E-state index contributed by atoms with van der Waals surface area (Å²) in [6, 6.07) is 13.0. The molecule has 0 spiro atoms. The summed E-state index contributed by atoms with van der Waals surface area (Å²) in [5.74, 6) is 0.0102. The molecule has 0 saturated heterocycles. The largest absolute Gasteiger partial charge is 0.372 e. The van der Waals surface area contributed by atoms with Gasteiger partial charge < -0.3 is 4.90 Å². The second-order valence-electron chi connectivity index (χ2n) is 4.99. The first-order valence-corrected chi connectivity index (χ1v) is 7.41. The van der Waals surface area contributed by atoms with E-state index in [1.807, 2.05) is 31.3 Å². The SMILES string of the molecule is CN1CCC(=O)N(c2cc(Cl)ccc2Cl)c2ccccc21. The molecule has 3 rings (SSSR count). The van der Waals surface area contributed by atoms with Crippen molar-refractivity contribution < 1.29 is 4.79 Å². The first kappa shape index (κ1) is 14.2. The Morgan fingerprint density at radius 3 is 2.48 bits per heavy atom. The third-order valence-electron chi connectivity index (χ3n) is 3.59. The lowest BCUT2D eigenvalue weighted by atomic mass is 10.2. The molecule has 1 aliphatic rings. The van der Waals surface area contributed by atoms with E-state index in [1.165, 1.54) is 0 Å². The lowest BCUT2D eigenvalue weighted by Crippen LogP contribution is -2.25. The average Bonchev–Trinajstić information content (AvgIpc) is 2.60. The van der Waals surface area contributed by atoms with Gasteiger partial charge in [0.15, 0.2) is 0 Å². The molecule has 0 radical (unpaired) electrons. The molecule has 0 saturated carbocycles. The first-order valence-electron chi connectivity index (χ1n) is 6.66. The van der Waals surface area contributed by atoms with Gasteiger partial charge in [0.2, 0.25) is 5.91 Å². The van der Waals surface area contributed by atoms with Crippen LogP contribution in [0.15, 0.2) is 42.5 Å². The van der Waals surface area contributed by atoms with Crippen molar-refractivity contribution in [2.24, 2.45) is 0 Å². The van der Waals surface area contributed by atoms with Crippen molar-refractivity contribution in [3.63, 3.8) is 0 Å². The average molecular weight is 321 g/mol. The summed E-state index contributed by atoms with van der Waals surface area (Å²) >= 11 is 12.4. The van der Waals surface area contributed by atoms with Gasteiger partial charge in [0.05, 0.1) is 22.1 Å². The van der Waals surface area contributed by atoms with Gasteiger partial charge in [-0.05, 0) is 30.3 Å². The lowest BCUT2D eigenvalue weighted by molar-refractivity contribution is -0.117. The molecule has 1 heterocycles. The smallest absolute Gasteiger partial charge is 0.233 e. The number of para-hydroxylation sites is 2. The van der Waals surface area contributed by atoms with Crippen LogP contribution in [0.5, 0.6) is 0 Å². The summed E-state index contributed by atoms with van der Waals surface area (Å²) in [7, 11) is 1.98. The van der Waals surface area contributed by atoms with Gasteiger partial charge in [0.25, 0.3) is 0 Å². The normalized spacial score (nSPS) is 14.9. The molecule has 0 atom stereocenters. The molecule has 0 unspecified atom stereocenters. The molecule has 5 heteroatoms. The van der Waals surface area contributed by atoms with E-state index in [2.05, 4.69) is 4.90 Å². The molecule has 2 aromatic carbocycles. The van der Waals surface area contributed by atoms with Crippen LogP contribution in [0.25, 0.3) is 0 Å². The minimum Gasteiger partial charge on any atom is -0.372 e. The number of nitrogens with zero attached hydrogens (tertiary/aromatic N) is 2. The van der Waals surface area contributed by atoms with Gasteiger partial charge in [0, 0.05) is 25.0 Å². The van der Waals surface area contributed by atoms with Crippen LogP contribution in [0.1, 0.15) is 6.42 Å². The molecule has 0 N–H and O–H groups in total. The molecule has 2 aromatic rings. The van der Waals surface area contributed by atoms with Crippen LogP contribution >= 0.6 is 23.2 Å². The number of benzene rings is 2. The van der Waals surface area contributed by atoms with Crippen LogP contribution in [0.2, 0.25) is 10.0 Å². The molecule has 0 aliphatic carbocycles. The fourth-order valence-electron chi connectivity index (χ4n) is 2.53. The van der Waals surface area contributed by atoms with Crippen molar-refractivity contribution in [2.75, 3.05) is 23.4 Å². The summed E-state index contributed by atoms with van der Waals surface area (Å²) in [5, 5.41) is 1.06. The molecule has 108 valence electrons. The number of fused-ring (bicyclic) bond motifs is 1. The number of hydrogen-bond donors (Lipinski definition) is 0. The first-order chi connectivity index (χ1) is 10.1. The molecular formula is C16H14Cl2N2O. The molecule has 0 bridgehead atoms. The summed E-state index contributed by atoms with van der Waals surface area (Å²) in [6.45, 7) is 0.671. The molecule has 3 nitrogen and oxygen atoms in total. The third kappa shape index (κ3) is 2.59. The fourth-order valence-corrected chi connectivity index (χ4v) is 2.90. The van der Waals surface area contributed by atoms with Crippen molar-refractivity contribution in [3.05, 3.63) is 52.5 Å². The highest BCUT2D eigenvalue weighted by Gasteiger charge is 2.27. The van der Waals surface area contributed by atoms with E-state index in [-0.39, 0.29) is 5.91 Å². The van der Waals surface area contributed by atoms with E-state index in [0.29, 0.717) is 28.7 Å². The van der Waals surface area contributed by atoms with Crippen molar-refractivity contribution in [1.29, 1.82) is 0 Å². The van der Waals surface area contributed by atoms with Crippen LogP contribution in [-0.2, 0) is 4.79 Å². The fraction of sp³-hybridized carbons (Fsp3) is 0.188. The predicted octanol–water partition coefficient (Wildman–Crippen LogP) is 4.50. The Bertz CT molecular complexity index is 702. The Morgan fingerprint density at radius 1 is 1.00 bits per heavy atom. The summed E-state index contributed by atoms with van der Waals surface area (Å²) in [5.41, 5.74) is 2.45. The minimum atomic E-state index is 0.0102. The van der Waals surface area contributed by atoms with Gasteiger partial charge in [-0.1, -0.05) is 35.3 Å². The molecule has 0 aromatic heterocycles. The topological polar surface area (TPSA) is 23.6 Å². The number of halogens is 2. The Morgan fingerprint density at radius 2 is 1.71 bits per heavy atom. The molecule has 1 amide bonds. The van der Waals surface area contributed by atoms with Crippen molar-refractivity contribution in [3.8, 4) is 0 Å². The number of rotatable bonds is 1. The number of amides is 1. The maximum atomic E-state index is 12.6. The summed E-state index contributed by atoms with van der Waals surface area (Å²) in [4.78, 5) is 16.3. The number of carbonyl (C=O) groups excluding carboxylic acids is 1. The monoisotopic (exact) mass is 320 g/mol. The number of carbonyl (C=O) groups is 1. The predicted molar refractivity (Wildman–Crippen MR) is 87.9 cm³/mol. The van der Waals surface area contributed by atoms with E-state index in [0.717, 1.165) is 11.4 Å². The Hall–Kier alpha value is -1.71. The van der Waals surface area contributed by atoms with Crippen molar-refractivity contribution in [2.45, 2.75) is 6.42 Å². The zero-order valence-corrected chi connectivity index (χ0v) is 13.0. The van der Waals surface area contributed by atoms with Crippen LogP contribution in [0, 0.1) is 0 Å². The van der Waals surface area contributed by atoms with Gasteiger partial charge in [-0.15, -0.1) is 0 Å². The Labute approximate surface area is 133 Å². The standard InChI is InChI=1S/C16H14Cl2N2O/c1-19-9-8-16(21)20(14-5-3-2-4-13(14)19)15-10-11(17)6-7-12(15)18/h2-7,10H,8-9H2,1H3. The highest BCUT2D eigenvalue weighted by atomic mass is 35.5. The second-order valence-corrected chi connectivity index (χ2v) is 5.83. The van der Waals surface area contributed by atoms with Gasteiger partial charge in [-0.2, -0.15) is 0 Å². The Kier molecular flexibility index (Phi) is 3.79. The van der Waals surface area contributed by atoms with E-state index < -0.39 is 0 Å². The van der Waals surface area contributed by atoms with E-state index >= 15 is 0 Å². The summed E-state index contributed by atoms with van der Waals surface area (Å²) < 4.78 is 0. The molecule has 0 fully saturated rings. The number of hydrogen-bond acceptors (Lipinski definition) is 2. The van der Waals surface area contributed by atoms with Gasteiger partial charge in [-0.3, -0.25) is 9.69 Å². The van der Waals surface area contributed by atoms with E-state index in [4.69, 9.17) is 23.2 Å². The quantitative estimate of drug-likeness (QED) is 0.772. The van der Waals surface area contributed by atoms with Crippen LogP contribution in [0.3, 0.4) is 0 Å². The van der Waals surface area contributed by atoms with Gasteiger partial charge in [-0.25, -0.2) is 0 Å². The molecular weight excluding hydrogens is 307 g/mol. The van der Waals surface area contributed by atoms with Crippen LogP contribution in [-0.4, -0.2) is 19.5 Å². The van der Waals surface area contributed by atoms with Gasteiger partial charge in [0.1, 0.15) is 0 Å². The van der Waals surface area contributed by atoms with Crippen molar-refractivity contribution >= 4 is 46.2 Å². The van der Waals surface area contributed by atoms with Crippen LogP contribution in [0.4, 0.5) is 17.1 Å². The number of anilines is 3. The highest BCUT2D eigenvalue weighted by molar-refractivity contribution is 6.36. The zero-order chi connectivity index (χ0) is 15.0. The molecule has 21 heavy (non-hydrogen) atoms. The minimum absolute atomic E-state index is 0.0102.